The summed E-state index contributed by atoms with van der Waals surface area (Å²) in [5, 5.41) is 1.26. The minimum Gasteiger partial charge on any atom is -0.304 e. The normalized spacial score (nSPS) is 11.4. The summed E-state index contributed by atoms with van der Waals surface area (Å²) in [5.41, 5.74) is 4.96. The summed E-state index contributed by atoms with van der Waals surface area (Å²) < 4.78 is 0. The zero-order valence-corrected chi connectivity index (χ0v) is 12.5. The number of nitrogens with zero attached hydrogens (tertiary/aromatic N) is 2. The van der Waals surface area contributed by atoms with Crippen LogP contribution in [0.4, 0.5) is 0 Å². The number of hydrogen-bond donors (Lipinski definition) is 0. The van der Waals surface area contributed by atoms with E-state index >= 15 is 0 Å². The minimum absolute atomic E-state index is 1.08. The highest BCUT2D eigenvalue weighted by Gasteiger charge is 2.06. The van der Waals surface area contributed by atoms with Gasteiger partial charge in [0.05, 0.1) is 5.52 Å². The summed E-state index contributed by atoms with van der Waals surface area (Å²) >= 11 is 0. The number of likely N-dealkylation sites (N-methyl/N-ethyl adjacent to an activating group) is 1. The van der Waals surface area contributed by atoms with Gasteiger partial charge >= 0.3 is 0 Å². The molecular formula is C17H24N2. The van der Waals surface area contributed by atoms with Crippen LogP contribution in [0.1, 0.15) is 30.7 Å². The van der Waals surface area contributed by atoms with Crippen molar-refractivity contribution in [3.05, 3.63) is 41.1 Å². The van der Waals surface area contributed by atoms with E-state index < -0.39 is 0 Å². The Hall–Kier alpha value is -1.41. The summed E-state index contributed by atoms with van der Waals surface area (Å²) in [7, 11) is 0. The molecule has 2 nitrogen and oxygen atoms in total. The Kier molecular flexibility index (Phi) is 4.54. The SMILES string of the molecule is CCN(CC)CCc1cccc2cc(C)c(C)nc12. The minimum atomic E-state index is 1.08. The van der Waals surface area contributed by atoms with Crippen molar-refractivity contribution in [2.45, 2.75) is 34.1 Å². The van der Waals surface area contributed by atoms with Gasteiger partial charge < -0.3 is 4.90 Å². The van der Waals surface area contributed by atoms with E-state index in [-0.39, 0.29) is 0 Å². The van der Waals surface area contributed by atoms with Crippen LogP contribution in [-0.4, -0.2) is 29.5 Å². The van der Waals surface area contributed by atoms with Crippen LogP contribution in [0.2, 0.25) is 0 Å². The zero-order valence-electron chi connectivity index (χ0n) is 12.5. The molecule has 0 radical (unpaired) electrons. The van der Waals surface area contributed by atoms with E-state index in [0.717, 1.165) is 31.7 Å². The van der Waals surface area contributed by atoms with Gasteiger partial charge in [0.1, 0.15) is 0 Å². The average molecular weight is 256 g/mol. The monoisotopic (exact) mass is 256 g/mol. The molecule has 0 fully saturated rings. The fourth-order valence-corrected chi connectivity index (χ4v) is 2.48. The van der Waals surface area contributed by atoms with Crippen LogP contribution in [0.3, 0.4) is 0 Å². The molecule has 2 rings (SSSR count). The van der Waals surface area contributed by atoms with Crippen molar-refractivity contribution in [3.8, 4) is 0 Å². The molecule has 2 heteroatoms. The van der Waals surface area contributed by atoms with Gasteiger partial charge in [-0.3, -0.25) is 4.98 Å². The molecule has 0 saturated heterocycles. The molecular weight excluding hydrogens is 232 g/mol. The van der Waals surface area contributed by atoms with Gasteiger partial charge in [0, 0.05) is 17.6 Å². The maximum Gasteiger partial charge on any atom is 0.0737 e. The Morgan fingerprint density at radius 3 is 2.53 bits per heavy atom. The molecule has 1 aromatic heterocycles. The molecule has 1 aromatic carbocycles. The Labute approximate surface area is 116 Å². The number of aromatic nitrogens is 1. The summed E-state index contributed by atoms with van der Waals surface area (Å²) in [6.45, 7) is 12.0. The number of pyridine rings is 1. The van der Waals surface area contributed by atoms with Crippen molar-refractivity contribution in [1.29, 1.82) is 0 Å². The van der Waals surface area contributed by atoms with Crippen molar-refractivity contribution >= 4 is 10.9 Å². The maximum atomic E-state index is 4.79. The highest BCUT2D eigenvalue weighted by molar-refractivity contribution is 5.82. The third kappa shape index (κ3) is 3.13. The molecule has 0 saturated carbocycles. The van der Waals surface area contributed by atoms with E-state index in [0.29, 0.717) is 0 Å². The van der Waals surface area contributed by atoms with Gasteiger partial charge in [-0.15, -0.1) is 0 Å². The molecule has 0 bridgehead atoms. The standard InChI is InChI=1S/C17H24N2/c1-5-19(6-2)11-10-15-8-7-9-16-12-13(3)14(4)18-17(15)16/h7-9,12H,5-6,10-11H2,1-4H3. The Bertz CT molecular complexity index is 556. The number of benzene rings is 1. The number of fused-ring (bicyclic) bond motifs is 1. The van der Waals surface area contributed by atoms with Gasteiger partial charge in [0.15, 0.2) is 0 Å². The molecule has 0 aliphatic rings. The third-order valence-electron chi connectivity index (χ3n) is 3.96. The zero-order chi connectivity index (χ0) is 13.8. The van der Waals surface area contributed by atoms with Gasteiger partial charge in [0.25, 0.3) is 0 Å². The van der Waals surface area contributed by atoms with Crippen LogP contribution in [0.25, 0.3) is 10.9 Å². The van der Waals surface area contributed by atoms with Gasteiger partial charge in [-0.05, 0) is 50.6 Å². The lowest BCUT2D eigenvalue weighted by Crippen LogP contribution is -2.25. The van der Waals surface area contributed by atoms with Crippen LogP contribution in [0.15, 0.2) is 24.3 Å². The van der Waals surface area contributed by atoms with Crippen molar-refractivity contribution in [2.75, 3.05) is 19.6 Å². The molecule has 0 atom stereocenters. The number of hydrogen-bond acceptors (Lipinski definition) is 2. The Morgan fingerprint density at radius 1 is 1.11 bits per heavy atom. The van der Waals surface area contributed by atoms with Crippen LogP contribution >= 0.6 is 0 Å². The summed E-state index contributed by atoms with van der Waals surface area (Å²) in [5.74, 6) is 0. The van der Waals surface area contributed by atoms with Crippen LogP contribution < -0.4 is 0 Å². The largest absolute Gasteiger partial charge is 0.304 e. The van der Waals surface area contributed by atoms with Gasteiger partial charge in [-0.1, -0.05) is 32.0 Å². The quantitative estimate of drug-likeness (QED) is 0.810. The van der Waals surface area contributed by atoms with Crippen molar-refractivity contribution < 1.29 is 0 Å². The highest BCUT2D eigenvalue weighted by atomic mass is 15.1. The molecule has 102 valence electrons. The second-order valence-electron chi connectivity index (χ2n) is 5.16. The predicted molar refractivity (Wildman–Crippen MR) is 82.7 cm³/mol. The molecule has 0 N–H and O–H groups in total. The predicted octanol–water partition coefficient (Wildman–Crippen LogP) is 3.74. The van der Waals surface area contributed by atoms with Gasteiger partial charge in [-0.2, -0.15) is 0 Å². The van der Waals surface area contributed by atoms with Crippen molar-refractivity contribution in [3.63, 3.8) is 0 Å². The lowest BCUT2D eigenvalue weighted by Gasteiger charge is -2.18. The first-order chi connectivity index (χ1) is 9.15. The lowest BCUT2D eigenvalue weighted by atomic mass is 10.0. The molecule has 0 unspecified atom stereocenters. The van der Waals surface area contributed by atoms with Crippen LogP contribution in [0.5, 0.6) is 0 Å². The first-order valence-electron chi connectivity index (χ1n) is 7.24. The second kappa shape index (κ2) is 6.16. The molecule has 0 aliphatic carbocycles. The molecule has 0 amide bonds. The number of rotatable bonds is 5. The van der Waals surface area contributed by atoms with E-state index in [2.05, 4.69) is 56.9 Å². The highest BCUT2D eigenvalue weighted by Crippen LogP contribution is 2.20. The van der Waals surface area contributed by atoms with E-state index in [1.807, 2.05) is 0 Å². The fraction of sp³-hybridized carbons (Fsp3) is 0.471. The first-order valence-corrected chi connectivity index (χ1v) is 7.24. The van der Waals surface area contributed by atoms with E-state index in [4.69, 9.17) is 4.98 Å². The molecule has 2 aromatic rings. The maximum absolute atomic E-state index is 4.79. The third-order valence-corrected chi connectivity index (χ3v) is 3.96. The topological polar surface area (TPSA) is 16.1 Å². The summed E-state index contributed by atoms with van der Waals surface area (Å²) in [6, 6.07) is 8.78. The number of aryl methyl sites for hydroxylation is 2. The lowest BCUT2D eigenvalue weighted by molar-refractivity contribution is 0.308. The van der Waals surface area contributed by atoms with Crippen molar-refractivity contribution in [1.82, 2.24) is 9.88 Å². The molecule has 0 aliphatic heterocycles. The second-order valence-corrected chi connectivity index (χ2v) is 5.16. The van der Waals surface area contributed by atoms with E-state index in [1.165, 1.54) is 22.0 Å². The van der Waals surface area contributed by atoms with E-state index in [1.54, 1.807) is 0 Å². The van der Waals surface area contributed by atoms with Gasteiger partial charge in [-0.25, -0.2) is 0 Å². The summed E-state index contributed by atoms with van der Waals surface area (Å²) in [4.78, 5) is 7.24. The Balaban J connectivity index is 2.30. The summed E-state index contributed by atoms with van der Waals surface area (Å²) in [6.07, 6.45) is 1.08. The van der Waals surface area contributed by atoms with E-state index in [9.17, 15) is 0 Å². The van der Waals surface area contributed by atoms with Crippen LogP contribution in [0, 0.1) is 13.8 Å². The fourth-order valence-electron chi connectivity index (χ4n) is 2.48. The first kappa shape index (κ1) is 14.0. The number of para-hydroxylation sites is 1. The molecule has 0 spiro atoms. The molecule has 19 heavy (non-hydrogen) atoms. The average Bonchev–Trinajstić information content (AvgIpc) is 2.41. The Morgan fingerprint density at radius 2 is 1.84 bits per heavy atom. The smallest absolute Gasteiger partial charge is 0.0737 e. The van der Waals surface area contributed by atoms with Crippen molar-refractivity contribution in [2.24, 2.45) is 0 Å². The molecule has 1 heterocycles. The van der Waals surface area contributed by atoms with Gasteiger partial charge in [0.2, 0.25) is 0 Å². The van der Waals surface area contributed by atoms with Crippen LogP contribution in [-0.2, 0) is 6.42 Å².